The van der Waals surface area contributed by atoms with Crippen molar-refractivity contribution < 1.29 is 14.7 Å². The van der Waals surface area contributed by atoms with Crippen molar-refractivity contribution in [1.82, 2.24) is 4.90 Å². The molecular weight excluding hydrogens is 298 g/mol. The van der Waals surface area contributed by atoms with Crippen LogP contribution in [-0.4, -0.2) is 39.4 Å². The maximum Gasteiger partial charge on any atom is 0.303 e. The Morgan fingerprint density at radius 2 is 1.91 bits per heavy atom. The number of carboxylic acids is 1. The van der Waals surface area contributed by atoms with E-state index in [-0.39, 0.29) is 18.4 Å². The van der Waals surface area contributed by atoms with Gasteiger partial charge in [-0.3, -0.25) is 9.59 Å². The molecule has 2 atom stereocenters. The molecule has 0 radical (unpaired) electrons. The normalized spacial score (nSPS) is 21.6. The Labute approximate surface area is 135 Å². The third-order valence-electron chi connectivity index (χ3n) is 3.99. The predicted molar refractivity (Wildman–Crippen MR) is 88.9 cm³/mol. The van der Waals surface area contributed by atoms with Gasteiger partial charge in [-0.15, -0.1) is 0 Å². The Kier molecular flexibility index (Phi) is 6.31. The molecule has 1 aliphatic rings. The van der Waals surface area contributed by atoms with Gasteiger partial charge in [-0.05, 0) is 18.4 Å². The van der Waals surface area contributed by atoms with E-state index in [9.17, 15) is 9.59 Å². The molecule has 1 amide bonds. The van der Waals surface area contributed by atoms with Gasteiger partial charge in [0.1, 0.15) is 0 Å². The van der Waals surface area contributed by atoms with Crippen molar-refractivity contribution in [3.8, 4) is 0 Å². The Hall–Kier alpha value is -1.49. The lowest BCUT2D eigenvalue weighted by Crippen LogP contribution is -2.43. The molecule has 1 aromatic rings. The average molecular weight is 321 g/mol. The summed E-state index contributed by atoms with van der Waals surface area (Å²) in [6.45, 7) is 2.94. The number of thioether (sulfide) groups is 1. The first kappa shape index (κ1) is 16.9. The molecule has 0 spiro atoms. The minimum absolute atomic E-state index is 0.118. The molecule has 0 aromatic heterocycles. The van der Waals surface area contributed by atoms with Gasteiger partial charge in [0, 0.05) is 30.4 Å². The Bertz CT molecular complexity index is 506. The van der Waals surface area contributed by atoms with Crippen LogP contribution in [-0.2, 0) is 9.59 Å². The standard InChI is InChI=1S/C17H23NO3S/c1-13-17(14-7-3-2-4-8-14)18(11-12-22-13)15(19)9-5-6-10-16(20)21/h2-4,7-8,13,17H,5-6,9-12H2,1H3,(H,20,21). The Balaban J connectivity index is 2.00. The number of rotatable bonds is 6. The highest BCUT2D eigenvalue weighted by molar-refractivity contribution is 8.00. The number of unbranched alkanes of at least 4 members (excludes halogenated alkanes) is 1. The summed E-state index contributed by atoms with van der Waals surface area (Å²) in [7, 11) is 0. The van der Waals surface area contributed by atoms with E-state index in [1.807, 2.05) is 34.9 Å². The SMILES string of the molecule is CC1SCCN(C(=O)CCCCC(=O)O)C1c1ccccc1. The lowest BCUT2D eigenvalue weighted by Gasteiger charge is -2.40. The molecule has 120 valence electrons. The third-order valence-corrected chi connectivity index (χ3v) is 5.19. The molecule has 0 saturated carbocycles. The molecule has 1 fully saturated rings. The van der Waals surface area contributed by atoms with Gasteiger partial charge in [0.2, 0.25) is 5.91 Å². The second kappa shape index (κ2) is 8.22. The van der Waals surface area contributed by atoms with Crippen LogP contribution in [0.25, 0.3) is 0 Å². The van der Waals surface area contributed by atoms with Crippen LogP contribution in [0.15, 0.2) is 30.3 Å². The molecule has 5 heteroatoms. The van der Waals surface area contributed by atoms with Gasteiger partial charge >= 0.3 is 5.97 Å². The number of amides is 1. The maximum atomic E-state index is 12.5. The van der Waals surface area contributed by atoms with Crippen molar-refractivity contribution in [2.75, 3.05) is 12.3 Å². The van der Waals surface area contributed by atoms with Crippen molar-refractivity contribution in [2.45, 2.75) is 43.9 Å². The van der Waals surface area contributed by atoms with Gasteiger partial charge in [0.05, 0.1) is 6.04 Å². The summed E-state index contributed by atoms with van der Waals surface area (Å²) in [6.07, 6.45) is 1.79. The second-order valence-electron chi connectivity index (χ2n) is 5.62. The lowest BCUT2D eigenvalue weighted by molar-refractivity contribution is -0.138. The quantitative estimate of drug-likeness (QED) is 0.817. The van der Waals surface area contributed by atoms with Crippen molar-refractivity contribution in [1.29, 1.82) is 0 Å². The zero-order valence-corrected chi connectivity index (χ0v) is 13.7. The minimum Gasteiger partial charge on any atom is -0.481 e. The van der Waals surface area contributed by atoms with E-state index < -0.39 is 5.97 Å². The van der Waals surface area contributed by atoms with E-state index in [1.165, 1.54) is 5.56 Å². The van der Waals surface area contributed by atoms with Gasteiger partial charge in [-0.2, -0.15) is 11.8 Å². The van der Waals surface area contributed by atoms with Crippen molar-refractivity contribution >= 4 is 23.6 Å². The number of aliphatic carboxylic acids is 1. The van der Waals surface area contributed by atoms with Crippen LogP contribution in [0.2, 0.25) is 0 Å². The van der Waals surface area contributed by atoms with Crippen LogP contribution in [0.3, 0.4) is 0 Å². The Morgan fingerprint density at radius 1 is 1.23 bits per heavy atom. The summed E-state index contributed by atoms with van der Waals surface area (Å²) in [6, 6.07) is 10.3. The number of nitrogens with zero attached hydrogens (tertiary/aromatic N) is 1. The molecule has 4 nitrogen and oxygen atoms in total. The van der Waals surface area contributed by atoms with E-state index in [0.717, 1.165) is 12.3 Å². The van der Waals surface area contributed by atoms with Gasteiger partial charge in [0.25, 0.3) is 0 Å². The van der Waals surface area contributed by atoms with E-state index >= 15 is 0 Å². The van der Waals surface area contributed by atoms with Gasteiger partial charge in [0.15, 0.2) is 0 Å². The molecule has 22 heavy (non-hydrogen) atoms. The molecule has 1 aliphatic heterocycles. The van der Waals surface area contributed by atoms with Crippen LogP contribution in [0, 0.1) is 0 Å². The smallest absolute Gasteiger partial charge is 0.303 e. The summed E-state index contributed by atoms with van der Waals surface area (Å²) in [5.74, 6) is 0.315. The summed E-state index contributed by atoms with van der Waals surface area (Å²) < 4.78 is 0. The molecule has 2 rings (SSSR count). The summed E-state index contributed by atoms with van der Waals surface area (Å²) in [5.41, 5.74) is 1.18. The second-order valence-corrected chi connectivity index (χ2v) is 7.10. The van der Waals surface area contributed by atoms with Gasteiger partial charge in [-0.25, -0.2) is 0 Å². The summed E-state index contributed by atoms with van der Waals surface area (Å²) in [5, 5.41) is 9.03. The fraction of sp³-hybridized carbons (Fsp3) is 0.529. The topological polar surface area (TPSA) is 57.6 Å². The minimum atomic E-state index is -0.794. The van der Waals surface area contributed by atoms with Crippen LogP contribution in [0.1, 0.15) is 44.2 Å². The molecule has 2 unspecified atom stereocenters. The van der Waals surface area contributed by atoms with E-state index in [2.05, 4.69) is 19.1 Å². The molecule has 1 aromatic carbocycles. The lowest BCUT2D eigenvalue weighted by atomic mass is 10.0. The van der Waals surface area contributed by atoms with Crippen LogP contribution in [0.5, 0.6) is 0 Å². The fourth-order valence-electron chi connectivity index (χ4n) is 2.90. The number of carbonyl (C=O) groups excluding carboxylic acids is 1. The van der Waals surface area contributed by atoms with Crippen LogP contribution < -0.4 is 0 Å². The molecule has 1 heterocycles. The monoisotopic (exact) mass is 321 g/mol. The highest BCUT2D eigenvalue weighted by Gasteiger charge is 2.32. The first-order valence-corrected chi connectivity index (χ1v) is 8.82. The van der Waals surface area contributed by atoms with E-state index in [1.54, 1.807) is 0 Å². The summed E-state index contributed by atoms with van der Waals surface area (Å²) in [4.78, 5) is 25.1. The number of hydrogen-bond acceptors (Lipinski definition) is 3. The van der Waals surface area contributed by atoms with Crippen molar-refractivity contribution in [3.63, 3.8) is 0 Å². The first-order valence-electron chi connectivity index (χ1n) is 7.77. The molecule has 0 bridgehead atoms. The van der Waals surface area contributed by atoms with E-state index in [4.69, 9.17) is 5.11 Å². The Morgan fingerprint density at radius 3 is 2.59 bits per heavy atom. The van der Waals surface area contributed by atoms with Crippen LogP contribution in [0.4, 0.5) is 0 Å². The largest absolute Gasteiger partial charge is 0.481 e. The molecular formula is C17H23NO3S. The molecule has 1 N–H and O–H groups in total. The number of carboxylic acid groups (broad SMARTS) is 1. The zero-order chi connectivity index (χ0) is 15.9. The first-order chi connectivity index (χ1) is 10.6. The third kappa shape index (κ3) is 4.50. The molecule has 1 saturated heterocycles. The maximum absolute atomic E-state index is 12.5. The molecule has 0 aliphatic carbocycles. The van der Waals surface area contributed by atoms with Crippen molar-refractivity contribution in [2.24, 2.45) is 0 Å². The highest BCUT2D eigenvalue weighted by atomic mass is 32.2. The predicted octanol–water partition coefficient (Wildman–Crippen LogP) is 3.34. The van der Waals surface area contributed by atoms with Gasteiger partial charge in [-0.1, -0.05) is 37.3 Å². The zero-order valence-electron chi connectivity index (χ0n) is 12.9. The average Bonchev–Trinajstić information content (AvgIpc) is 2.51. The number of carbonyl (C=O) groups is 2. The highest BCUT2D eigenvalue weighted by Crippen LogP contribution is 2.36. The van der Waals surface area contributed by atoms with Crippen molar-refractivity contribution in [3.05, 3.63) is 35.9 Å². The summed E-state index contributed by atoms with van der Waals surface area (Å²) >= 11 is 1.90. The number of hydrogen-bond donors (Lipinski definition) is 1. The van der Waals surface area contributed by atoms with Gasteiger partial charge < -0.3 is 10.0 Å². The van der Waals surface area contributed by atoms with E-state index in [0.29, 0.717) is 24.5 Å². The number of benzene rings is 1. The van der Waals surface area contributed by atoms with Crippen LogP contribution >= 0.6 is 11.8 Å². The fourth-order valence-corrected chi connectivity index (χ4v) is 4.06.